The molecule has 19 heavy (non-hydrogen) atoms. The molecule has 0 saturated heterocycles. The summed E-state index contributed by atoms with van der Waals surface area (Å²) in [6.45, 7) is 0.317. The van der Waals surface area contributed by atoms with Gasteiger partial charge in [-0.2, -0.15) is 4.98 Å². The highest BCUT2D eigenvalue weighted by Gasteiger charge is 2.05. The molecule has 4 nitrogen and oxygen atoms in total. The molecule has 0 unspecified atom stereocenters. The topological polar surface area (TPSA) is 60.2 Å². The van der Waals surface area contributed by atoms with Crippen molar-refractivity contribution in [3.8, 4) is 5.88 Å². The molecule has 0 saturated carbocycles. The molecule has 2 aromatic rings. The summed E-state index contributed by atoms with van der Waals surface area (Å²) >= 11 is 0. The van der Waals surface area contributed by atoms with Gasteiger partial charge in [-0.1, -0.05) is 6.07 Å². The average Bonchev–Trinajstić information content (AvgIpc) is 2.41. The van der Waals surface area contributed by atoms with Crippen LogP contribution in [0.1, 0.15) is 5.56 Å². The van der Waals surface area contributed by atoms with Gasteiger partial charge in [-0.05, 0) is 29.8 Å². The standard InChI is InChI=1S/C13H13F2N3O/c1-19-13-11(16)4-5-12(18-13)17-7-8-2-3-9(14)10(15)6-8/h2-6H,7,16H2,1H3,(H,17,18). The number of nitrogens with one attached hydrogen (secondary N) is 1. The predicted octanol–water partition coefficient (Wildman–Crippen LogP) is 2.56. The van der Waals surface area contributed by atoms with Gasteiger partial charge < -0.3 is 15.8 Å². The third-order valence-corrected chi connectivity index (χ3v) is 2.54. The summed E-state index contributed by atoms with van der Waals surface area (Å²) in [6, 6.07) is 7.05. The highest BCUT2D eigenvalue weighted by Crippen LogP contribution is 2.20. The normalized spacial score (nSPS) is 10.3. The third kappa shape index (κ3) is 3.09. The van der Waals surface area contributed by atoms with E-state index >= 15 is 0 Å². The second-order valence-corrected chi connectivity index (χ2v) is 3.90. The van der Waals surface area contributed by atoms with Crippen molar-refractivity contribution in [2.24, 2.45) is 0 Å². The van der Waals surface area contributed by atoms with Crippen molar-refractivity contribution in [3.63, 3.8) is 0 Å². The van der Waals surface area contributed by atoms with Crippen LogP contribution in [0.4, 0.5) is 20.3 Å². The Morgan fingerprint density at radius 1 is 1.21 bits per heavy atom. The van der Waals surface area contributed by atoms with Crippen molar-refractivity contribution >= 4 is 11.5 Å². The number of nitrogens with zero attached hydrogens (tertiary/aromatic N) is 1. The zero-order valence-electron chi connectivity index (χ0n) is 10.3. The summed E-state index contributed by atoms with van der Waals surface area (Å²) in [5.41, 5.74) is 6.68. The summed E-state index contributed by atoms with van der Waals surface area (Å²) in [4.78, 5) is 4.12. The van der Waals surface area contributed by atoms with Crippen molar-refractivity contribution in [3.05, 3.63) is 47.5 Å². The third-order valence-electron chi connectivity index (χ3n) is 2.54. The minimum absolute atomic E-state index is 0.315. The molecule has 0 spiro atoms. The van der Waals surface area contributed by atoms with Gasteiger partial charge in [0.1, 0.15) is 5.82 Å². The second kappa shape index (κ2) is 5.51. The predicted molar refractivity (Wildman–Crippen MR) is 68.9 cm³/mol. The van der Waals surface area contributed by atoms with Gasteiger partial charge in [0.2, 0.25) is 5.88 Å². The molecule has 100 valence electrons. The van der Waals surface area contributed by atoms with Crippen LogP contribution in [0.25, 0.3) is 0 Å². The maximum absolute atomic E-state index is 13.0. The number of hydrogen-bond acceptors (Lipinski definition) is 4. The van der Waals surface area contributed by atoms with Crippen LogP contribution in [0.15, 0.2) is 30.3 Å². The molecule has 0 atom stereocenters. The average molecular weight is 265 g/mol. The van der Waals surface area contributed by atoms with E-state index < -0.39 is 11.6 Å². The van der Waals surface area contributed by atoms with E-state index in [9.17, 15) is 8.78 Å². The van der Waals surface area contributed by atoms with Crippen molar-refractivity contribution < 1.29 is 13.5 Å². The number of aromatic nitrogens is 1. The Hall–Kier alpha value is -2.37. The van der Waals surface area contributed by atoms with Crippen LogP contribution >= 0.6 is 0 Å². The number of anilines is 2. The summed E-state index contributed by atoms with van der Waals surface area (Å²) in [6.07, 6.45) is 0. The van der Waals surface area contributed by atoms with Crippen LogP contribution in [0.3, 0.4) is 0 Å². The molecule has 2 rings (SSSR count). The fourth-order valence-corrected chi connectivity index (χ4v) is 1.56. The summed E-state index contributed by atoms with van der Waals surface area (Å²) < 4.78 is 30.8. The van der Waals surface area contributed by atoms with Gasteiger partial charge in [0.15, 0.2) is 11.6 Å². The van der Waals surface area contributed by atoms with Crippen molar-refractivity contribution in [2.45, 2.75) is 6.54 Å². The van der Waals surface area contributed by atoms with Crippen molar-refractivity contribution in [2.75, 3.05) is 18.2 Å². The maximum Gasteiger partial charge on any atom is 0.238 e. The van der Waals surface area contributed by atoms with E-state index in [2.05, 4.69) is 10.3 Å². The van der Waals surface area contributed by atoms with Crippen LogP contribution in [0, 0.1) is 11.6 Å². The first-order chi connectivity index (χ1) is 9.10. The van der Waals surface area contributed by atoms with Crippen LogP contribution in [-0.2, 0) is 6.54 Å². The summed E-state index contributed by atoms with van der Waals surface area (Å²) in [5, 5.41) is 2.97. The molecule has 1 aromatic carbocycles. The van der Waals surface area contributed by atoms with E-state index in [-0.39, 0.29) is 0 Å². The molecule has 0 aliphatic rings. The first kappa shape index (κ1) is 13.1. The zero-order chi connectivity index (χ0) is 13.8. The minimum atomic E-state index is -0.873. The molecule has 1 aromatic heterocycles. The Morgan fingerprint density at radius 2 is 2.00 bits per heavy atom. The smallest absolute Gasteiger partial charge is 0.238 e. The Balaban J connectivity index is 2.07. The van der Waals surface area contributed by atoms with E-state index in [1.165, 1.54) is 13.2 Å². The van der Waals surface area contributed by atoms with Gasteiger partial charge in [-0.15, -0.1) is 0 Å². The lowest BCUT2D eigenvalue weighted by molar-refractivity contribution is 0.401. The molecule has 0 amide bonds. The molecule has 0 aliphatic carbocycles. The molecule has 1 heterocycles. The minimum Gasteiger partial charge on any atom is -0.479 e. The molecular weight excluding hydrogens is 252 g/mol. The Kier molecular flexibility index (Phi) is 3.79. The lowest BCUT2D eigenvalue weighted by Gasteiger charge is -2.09. The van der Waals surface area contributed by atoms with Crippen LogP contribution in [0.2, 0.25) is 0 Å². The van der Waals surface area contributed by atoms with Gasteiger partial charge >= 0.3 is 0 Å². The monoisotopic (exact) mass is 265 g/mol. The van der Waals surface area contributed by atoms with Crippen LogP contribution in [-0.4, -0.2) is 12.1 Å². The van der Waals surface area contributed by atoms with Gasteiger partial charge in [0.25, 0.3) is 0 Å². The summed E-state index contributed by atoms with van der Waals surface area (Å²) in [7, 11) is 1.47. The number of hydrogen-bond donors (Lipinski definition) is 2. The lowest BCUT2D eigenvalue weighted by Crippen LogP contribution is -2.04. The highest BCUT2D eigenvalue weighted by molar-refractivity contribution is 5.53. The van der Waals surface area contributed by atoms with E-state index in [0.717, 1.165) is 12.1 Å². The van der Waals surface area contributed by atoms with Gasteiger partial charge in [-0.3, -0.25) is 0 Å². The van der Waals surface area contributed by atoms with E-state index in [0.29, 0.717) is 29.5 Å². The van der Waals surface area contributed by atoms with Gasteiger partial charge in [0, 0.05) is 6.54 Å². The van der Waals surface area contributed by atoms with Crippen molar-refractivity contribution in [1.82, 2.24) is 4.98 Å². The van der Waals surface area contributed by atoms with E-state index in [1.54, 1.807) is 12.1 Å². The zero-order valence-corrected chi connectivity index (χ0v) is 10.3. The molecule has 0 fully saturated rings. The van der Waals surface area contributed by atoms with Gasteiger partial charge in [-0.25, -0.2) is 8.78 Å². The van der Waals surface area contributed by atoms with Gasteiger partial charge in [0.05, 0.1) is 12.8 Å². The van der Waals surface area contributed by atoms with Crippen LogP contribution < -0.4 is 15.8 Å². The number of ether oxygens (including phenoxy) is 1. The maximum atomic E-state index is 13.0. The second-order valence-electron chi connectivity index (χ2n) is 3.90. The molecule has 0 radical (unpaired) electrons. The van der Waals surface area contributed by atoms with E-state index in [1.807, 2.05) is 0 Å². The number of nitrogens with two attached hydrogens (primary N) is 1. The quantitative estimate of drug-likeness (QED) is 0.892. The summed E-state index contributed by atoms with van der Waals surface area (Å²) in [5.74, 6) is -0.885. The fourth-order valence-electron chi connectivity index (χ4n) is 1.56. The largest absolute Gasteiger partial charge is 0.479 e. The number of pyridine rings is 1. The first-order valence-corrected chi connectivity index (χ1v) is 5.58. The SMILES string of the molecule is COc1nc(NCc2ccc(F)c(F)c2)ccc1N. The Bertz CT molecular complexity index is 590. The molecule has 3 N–H and O–H groups in total. The number of nitrogen functional groups attached to an aromatic ring is 1. The van der Waals surface area contributed by atoms with E-state index in [4.69, 9.17) is 10.5 Å². The number of halogens is 2. The molecule has 6 heteroatoms. The van der Waals surface area contributed by atoms with Crippen LogP contribution in [0.5, 0.6) is 5.88 Å². The molecule has 0 aliphatic heterocycles. The van der Waals surface area contributed by atoms with Crippen molar-refractivity contribution in [1.29, 1.82) is 0 Å². The Labute approximate surface area is 109 Å². The number of benzene rings is 1. The number of methoxy groups -OCH3 is 1. The first-order valence-electron chi connectivity index (χ1n) is 5.58. The molecule has 0 bridgehead atoms. The fraction of sp³-hybridized carbons (Fsp3) is 0.154. The number of rotatable bonds is 4. The highest BCUT2D eigenvalue weighted by atomic mass is 19.2. The molecular formula is C13H13F2N3O. The lowest BCUT2D eigenvalue weighted by atomic mass is 10.2. The Morgan fingerprint density at radius 3 is 2.68 bits per heavy atom.